The molecule has 0 aliphatic heterocycles. The van der Waals surface area contributed by atoms with Gasteiger partial charge in [0.15, 0.2) is 0 Å². The van der Waals surface area contributed by atoms with E-state index in [4.69, 9.17) is 4.74 Å². The summed E-state index contributed by atoms with van der Waals surface area (Å²) in [5.74, 6) is 0. The Morgan fingerprint density at radius 3 is 1.50 bits per heavy atom. The number of hydrogen-bond acceptors (Lipinski definition) is 1. The van der Waals surface area contributed by atoms with Gasteiger partial charge in [0.25, 0.3) is 0 Å². The van der Waals surface area contributed by atoms with Crippen LogP contribution in [0.25, 0.3) is 0 Å². The molecule has 2 heteroatoms. The van der Waals surface area contributed by atoms with Crippen LogP contribution in [0.3, 0.4) is 0 Å². The fourth-order valence-electron chi connectivity index (χ4n) is 0.204. The third-order valence-corrected chi connectivity index (χ3v) is 0.408. The van der Waals surface area contributed by atoms with Gasteiger partial charge >= 0.3 is 0 Å². The predicted octanol–water partition coefficient (Wildman–Crippen LogP) is 0.662. The van der Waals surface area contributed by atoms with Crippen LogP contribution >= 0.6 is 0 Å². The van der Waals surface area contributed by atoms with Gasteiger partial charge in [0.2, 0.25) is 0 Å². The van der Waals surface area contributed by atoms with Crippen LogP contribution in [0.2, 0.25) is 0 Å². The molecule has 0 aromatic carbocycles. The van der Waals surface area contributed by atoms with Crippen molar-refractivity contribution in [1.29, 1.82) is 0 Å². The molecule has 0 saturated heterocycles. The van der Waals surface area contributed by atoms with Crippen molar-refractivity contribution in [2.24, 2.45) is 0 Å². The van der Waals surface area contributed by atoms with Crippen LogP contribution in [0.5, 0.6) is 0 Å². The first-order valence-electron chi connectivity index (χ1n) is 1.99. The molecule has 1 nitrogen and oxygen atoms in total. The van der Waals surface area contributed by atoms with Crippen LogP contribution in [0.1, 0.15) is 13.8 Å². The second kappa shape index (κ2) is 9.52. The molecule has 0 aliphatic rings. The summed E-state index contributed by atoms with van der Waals surface area (Å²) < 4.78 is 4.83. The van der Waals surface area contributed by atoms with Crippen LogP contribution < -0.4 is 0 Å². The largest absolute Gasteiger partial charge is 0.382 e. The molecule has 0 aliphatic carbocycles. The zero-order valence-corrected chi connectivity index (χ0v) is 6.74. The Kier molecular flexibility index (Phi) is 16.3. The molecule has 0 heterocycles. The summed E-state index contributed by atoms with van der Waals surface area (Å²) in [4.78, 5) is 0. The summed E-state index contributed by atoms with van der Waals surface area (Å²) in [6.45, 7) is 5.67. The predicted molar refractivity (Wildman–Crippen MR) is 27.9 cm³/mol. The summed E-state index contributed by atoms with van der Waals surface area (Å²) >= 11 is 0. The Morgan fingerprint density at radius 2 is 1.50 bits per heavy atom. The van der Waals surface area contributed by atoms with Gasteiger partial charge in [-0.3, -0.25) is 0 Å². The Hall–Kier alpha value is 1.22. The maximum Gasteiger partial charge on any atom is 0.0437 e. The van der Waals surface area contributed by atoms with E-state index in [1.165, 1.54) is 0 Å². The molecule has 0 amide bonds. The Balaban J connectivity index is 0. The molecule has 0 aromatic heterocycles. The average molecular weight is 114 g/mol. The van der Waals surface area contributed by atoms with Gasteiger partial charge in [0.05, 0.1) is 0 Å². The summed E-state index contributed by atoms with van der Waals surface area (Å²) in [7, 11) is 0. The molecule has 0 spiro atoms. The fraction of sp³-hybridized carbons (Fsp3) is 1.00. The zero-order valence-electron chi connectivity index (χ0n) is 4.53. The fourth-order valence-corrected chi connectivity index (χ4v) is 0.204. The monoisotopic (exact) mass is 114 g/mol. The molecule has 0 rings (SSSR count). The molecular formula is C4H10CaO. The molecule has 6 heavy (non-hydrogen) atoms. The second-order valence-corrected chi connectivity index (χ2v) is 0.781. The Labute approximate surface area is 69.1 Å². The maximum absolute atomic E-state index is 4.83. The van der Waals surface area contributed by atoms with Gasteiger partial charge in [0.1, 0.15) is 0 Å². The van der Waals surface area contributed by atoms with Gasteiger partial charge in [-0.1, -0.05) is 0 Å². The molecule has 34 valence electrons. The standard InChI is InChI=1S/C4H10O.Ca/c1-3-5-4-2;/h3-4H2,1-2H3;. The van der Waals surface area contributed by atoms with E-state index < -0.39 is 0 Å². The van der Waals surface area contributed by atoms with E-state index in [1.807, 2.05) is 13.8 Å². The summed E-state index contributed by atoms with van der Waals surface area (Å²) in [5, 5.41) is 0. The topological polar surface area (TPSA) is 9.23 Å². The van der Waals surface area contributed by atoms with E-state index in [0.29, 0.717) is 0 Å². The van der Waals surface area contributed by atoms with Crippen LogP contribution in [0, 0.1) is 0 Å². The number of rotatable bonds is 2. The first-order chi connectivity index (χ1) is 2.41. The number of hydrogen-bond donors (Lipinski definition) is 0. The van der Waals surface area contributed by atoms with Crippen LogP contribution in [-0.4, -0.2) is 51.0 Å². The number of ether oxygens (including phenoxy) is 1. The van der Waals surface area contributed by atoms with E-state index in [-0.39, 0.29) is 37.7 Å². The van der Waals surface area contributed by atoms with Crippen molar-refractivity contribution in [3.8, 4) is 0 Å². The van der Waals surface area contributed by atoms with Crippen molar-refractivity contribution in [3.63, 3.8) is 0 Å². The molecule has 0 saturated carbocycles. The molecule has 0 bridgehead atoms. The van der Waals surface area contributed by atoms with Crippen molar-refractivity contribution >= 4 is 37.7 Å². The summed E-state index contributed by atoms with van der Waals surface area (Å²) in [6, 6.07) is 0. The van der Waals surface area contributed by atoms with E-state index in [2.05, 4.69) is 0 Å². The quantitative estimate of drug-likeness (QED) is 0.479. The van der Waals surface area contributed by atoms with Crippen molar-refractivity contribution in [2.75, 3.05) is 13.2 Å². The van der Waals surface area contributed by atoms with E-state index in [9.17, 15) is 0 Å². The van der Waals surface area contributed by atoms with E-state index in [1.54, 1.807) is 0 Å². The zero-order chi connectivity index (χ0) is 4.12. The van der Waals surface area contributed by atoms with Gasteiger partial charge in [0, 0.05) is 51.0 Å². The second-order valence-electron chi connectivity index (χ2n) is 0.781. The van der Waals surface area contributed by atoms with Gasteiger partial charge < -0.3 is 4.74 Å². The molecule has 0 atom stereocenters. The van der Waals surface area contributed by atoms with Gasteiger partial charge in [-0.25, -0.2) is 0 Å². The normalized spacial score (nSPS) is 7.00. The van der Waals surface area contributed by atoms with Crippen LogP contribution in [0.4, 0.5) is 0 Å². The first kappa shape index (κ1) is 10.3. The smallest absolute Gasteiger partial charge is 0.0437 e. The summed E-state index contributed by atoms with van der Waals surface area (Å²) in [5.41, 5.74) is 0. The van der Waals surface area contributed by atoms with Crippen molar-refractivity contribution in [1.82, 2.24) is 0 Å². The van der Waals surface area contributed by atoms with E-state index in [0.717, 1.165) is 13.2 Å². The third kappa shape index (κ3) is 8.97. The minimum absolute atomic E-state index is 0. The Bertz CT molecular complexity index is 15.0. The van der Waals surface area contributed by atoms with E-state index >= 15 is 0 Å². The summed E-state index contributed by atoms with van der Waals surface area (Å²) in [6.07, 6.45) is 0. The first-order valence-corrected chi connectivity index (χ1v) is 1.99. The van der Waals surface area contributed by atoms with Gasteiger partial charge in [-0.2, -0.15) is 0 Å². The third-order valence-electron chi connectivity index (χ3n) is 0.408. The minimum Gasteiger partial charge on any atom is -0.382 e. The van der Waals surface area contributed by atoms with Gasteiger partial charge in [-0.15, -0.1) is 0 Å². The average Bonchev–Trinajstić information content (AvgIpc) is 1.41. The van der Waals surface area contributed by atoms with Crippen molar-refractivity contribution < 1.29 is 4.74 Å². The van der Waals surface area contributed by atoms with Crippen molar-refractivity contribution in [3.05, 3.63) is 0 Å². The minimum atomic E-state index is 0. The Morgan fingerprint density at radius 1 is 1.17 bits per heavy atom. The van der Waals surface area contributed by atoms with Crippen LogP contribution in [0.15, 0.2) is 0 Å². The molecule has 0 N–H and O–H groups in total. The van der Waals surface area contributed by atoms with Crippen molar-refractivity contribution in [2.45, 2.75) is 13.8 Å². The molecule has 0 fully saturated rings. The maximum atomic E-state index is 4.83. The molecular weight excluding hydrogens is 104 g/mol. The van der Waals surface area contributed by atoms with Gasteiger partial charge in [-0.05, 0) is 13.8 Å². The molecule has 2 radical (unpaired) electrons. The molecule has 0 aromatic rings. The SMILES string of the molecule is CCOCC.[Ca]. The molecule has 0 unspecified atom stereocenters. The van der Waals surface area contributed by atoms with Crippen LogP contribution in [-0.2, 0) is 4.74 Å².